The number of hydrogen-bond acceptors (Lipinski definition) is 6. The molecule has 0 aromatic heterocycles. The summed E-state index contributed by atoms with van der Waals surface area (Å²) in [5.74, 6) is 1.19. The molecule has 1 unspecified atom stereocenters. The van der Waals surface area contributed by atoms with Crippen molar-refractivity contribution in [2.45, 2.75) is 25.8 Å². The maximum atomic E-state index is 13.0. The minimum atomic E-state index is -0.575. The fourth-order valence-corrected chi connectivity index (χ4v) is 3.60. The van der Waals surface area contributed by atoms with Crippen LogP contribution >= 0.6 is 11.8 Å². The highest BCUT2D eigenvalue weighted by Gasteiger charge is 2.38. The van der Waals surface area contributed by atoms with Crippen LogP contribution in [-0.4, -0.2) is 55.3 Å². The first-order chi connectivity index (χ1) is 11.6. The molecule has 2 rings (SSSR count). The fourth-order valence-electron chi connectivity index (χ4n) is 2.46. The van der Waals surface area contributed by atoms with Crippen LogP contribution in [0.2, 0.25) is 0 Å². The molecular weight excluding hydrogens is 330 g/mol. The summed E-state index contributed by atoms with van der Waals surface area (Å²) in [6.07, 6.45) is 1.77. The predicted octanol–water partition coefficient (Wildman–Crippen LogP) is 2.56. The molecule has 1 aromatic rings. The molecule has 1 saturated heterocycles. The second kappa shape index (κ2) is 8.82. The van der Waals surface area contributed by atoms with E-state index in [1.807, 2.05) is 6.92 Å². The molecule has 0 radical (unpaired) electrons. The number of methoxy groups -OCH3 is 2. The molecule has 6 nitrogen and oxygen atoms in total. The second-order valence-corrected chi connectivity index (χ2v) is 6.35. The smallest absolute Gasteiger partial charge is 0.329 e. The summed E-state index contributed by atoms with van der Waals surface area (Å²) in [6.45, 7) is 2.42. The number of rotatable bonds is 7. The molecule has 0 spiro atoms. The van der Waals surface area contributed by atoms with Gasteiger partial charge in [0.25, 0.3) is 5.91 Å². The van der Waals surface area contributed by atoms with E-state index in [9.17, 15) is 9.59 Å². The van der Waals surface area contributed by atoms with Gasteiger partial charge in [0.1, 0.15) is 23.1 Å². The minimum absolute atomic E-state index is 0.285. The van der Waals surface area contributed by atoms with Crippen LogP contribution in [0.3, 0.4) is 0 Å². The van der Waals surface area contributed by atoms with Gasteiger partial charge in [-0.05, 0) is 18.6 Å². The summed E-state index contributed by atoms with van der Waals surface area (Å²) in [7, 11) is 3.00. The topological polar surface area (TPSA) is 65.1 Å². The molecular formula is C17H23NO5S. The van der Waals surface area contributed by atoms with Gasteiger partial charge in [-0.25, -0.2) is 4.79 Å². The van der Waals surface area contributed by atoms with Crippen molar-refractivity contribution in [2.75, 3.05) is 32.5 Å². The quantitative estimate of drug-likeness (QED) is 0.554. The molecule has 1 aliphatic rings. The molecule has 7 heteroatoms. The number of unbranched alkanes of at least 4 members (excludes halogenated alkanes) is 1. The number of ether oxygens (including phenoxy) is 3. The Kier molecular flexibility index (Phi) is 6.78. The van der Waals surface area contributed by atoms with Crippen LogP contribution in [0.25, 0.3) is 0 Å². The normalized spacial score (nSPS) is 16.8. The van der Waals surface area contributed by atoms with Gasteiger partial charge in [0.2, 0.25) is 0 Å². The zero-order valence-corrected chi connectivity index (χ0v) is 15.1. The van der Waals surface area contributed by atoms with Crippen molar-refractivity contribution >= 4 is 23.6 Å². The second-order valence-electron chi connectivity index (χ2n) is 5.35. The number of thioether (sulfide) groups is 1. The molecule has 0 saturated carbocycles. The Morgan fingerprint density at radius 2 is 1.92 bits per heavy atom. The van der Waals surface area contributed by atoms with Gasteiger partial charge in [0.15, 0.2) is 0 Å². The van der Waals surface area contributed by atoms with Gasteiger partial charge >= 0.3 is 5.97 Å². The molecule has 1 amide bonds. The molecule has 1 atom stereocenters. The molecule has 24 heavy (non-hydrogen) atoms. The highest BCUT2D eigenvalue weighted by atomic mass is 32.2. The number of amides is 1. The molecule has 0 aliphatic carbocycles. The average Bonchev–Trinajstić information content (AvgIpc) is 3.10. The number of hydrogen-bond donors (Lipinski definition) is 0. The standard InChI is InChI=1S/C17H23NO5S/c1-4-5-9-23-17(20)12-10-24-11-18(12)16(19)15-13(21-2)7-6-8-14(15)22-3/h6-8,12H,4-5,9-11H2,1-3H3. The van der Waals surface area contributed by atoms with Crippen LogP contribution < -0.4 is 9.47 Å². The highest BCUT2D eigenvalue weighted by molar-refractivity contribution is 7.99. The third-order valence-corrected chi connectivity index (χ3v) is 4.81. The van der Waals surface area contributed by atoms with Gasteiger partial charge < -0.3 is 19.1 Å². The van der Waals surface area contributed by atoms with Crippen molar-refractivity contribution in [3.8, 4) is 11.5 Å². The Bertz CT molecular complexity index is 570. The number of carbonyl (C=O) groups is 2. The Morgan fingerprint density at radius 1 is 1.25 bits per heavy atom. The van der Waals surface area contributed by atoms with Crippen LogP contribution in [0.1, 0.15) is 30.1 Å². The Morgan fingerprint density at radius 3 is 2.50 bits per heavy atom. The van der Waals surface area contributed by atoms with E-state index < -0.39 is 6.04 Å². The predicted molar refractivity (Wildman–Crippen MR) is 92.7 cm³/mol. The van der Waals surface area contributed by atoms with Gasteiger partial charge in [0.05, 0.1) is 26.7 Å². The van der Waals surface area contributed by atoms with E-state index in [1.54, 1.807) is 18.2 Å². The van der Waals surface area contributed by atoms with E-state index in [4.69, 9.17) is 14.2 Å². The largest absolute Gasteiger partial charge is 0.496 e. The third kappa shape index (κ3) is 3.95. The molecule has 1 fully saturated rings. The van der Waals surface area contributed by atoms with Crippen molar-refractivity contribution in [2.24, 2.45) is 0 Å². The Labute approximate surface area is 146 Å². The first-order valence-corrected chi connectivity index (χ1v) is 9.05. The SMILES string of the molecule is CCCCOC(=O)C1CSCN1C(=O)c1c(OC)cccc1OC. The van der Waals surface area contributed by atoms with E-state index >= 15 is 0 Å². The first kappa shape index (κ1) is 18.4. The van der Waals surface area contributed by atoms with E-state index in [-0.39, 0.29) is 11.9 Å². The summed E-state index contributed by atoms with van der Waals surface area (Å²) >= 11 is 1.53. The van der Waals surface area contributed by atoms with Crippen LogP contribution in [0, 0.1) is 0 Å². The highest BCUT2D eigenvalue weighted by Crippen LogP contribution is 2.33. The maximum absolute atomic E-state index is 13.0. The summed E-state index contributed by atoms with van der Waals surface area (Å²) in [5, 5.41) is 0. The van der Waals surface area contributed by atoms with E-state index in [0.29, 0.717) is 35.3 Å². The third-order valence-electron chi connectivity index (χ3n) is 3.80. The van der Waals surface area contributed by atoms with Crippen molar-refractivity contribution in [3.05, 3.63) is 23.8 Å². The van der Waals surface area contributed by atoms with E-state index in [1.165, 1.54) is 30.9 Å². The molecule has 0 bridgehead atoms. The van der Waals surface area contributed by atoms with Crippen molar-refractivity contribution in [3.63, 3.8) is 0 Å². The van der Waals surface area contributed by atoms with Crippen LogP contribution in [-0.2, 0) is 9.53 Å². The summed E-state index contributed by atoms with van der Waals surface area (Å²) in [4.78, 5) is 26.8. The Hall–Kier alpha value is -1.89. The van der Waals surface area contributed by atoms with Crippen molar-refractivity contribution in [1.29, 1.82) is 0 Å². The molecule has 0 N–H and O–H groups in total. The summed E-state index contributed by atoms with van der Waals surface area (Å²) in [5.41, 5.74) is 0.330. The van der Waals surface area contributed by atoms with Crippen LogP contribution in [0.5, 0.6) is 11.5 Å². The summed E-state index contributed by atoms with van der Waals surface area (Å²) < 4.78 is 15.9. The zero-order chi connectivity index (χ0) is 17.5. The molecule has 1 heterocycles. The van der Waals surface area contributed by atoms with E-state index in [2.05, 4.69) is 0 Å². The lowest BCUT2D eigenvalue weighted by atomic mass is 10.1. The number of nitrogens with zero attached hydrogens (tertiary/aromatic N) is 1. The molecule has 1 aromatic carbocycles. The lowest BCUT2D eigenvalue weighted by molar-refractivity contribution is -0.147. The fraction of sp³-hybridized carbons (Fsp3) is 0.529. The van der Waals surface area contributed by atoms with Gasteiger partial charge in [-0.3, -0.25) is 4.79 Å². The number of esters is 1. The number of benzene rings is 1. The maximum Gasteiger partial charge on any atom is 0.329 e. The molecule has 1 aliphatic heterocycles. The average molecular weight is 353 g/mol. The summed E-state index contributed by atoms with van der Waals surface area (Å²) in [6, 6.07) is 4.58. The monoisotopic (exact) mass is 353 g/mol. The van der Waals surface area contributed by atoms with Gasteiger partial charge in [-0.1, -0.05) is 19.4 Å². The first-order valence-electron chi connectivity index (χ1n) is 7.90. The van der Waals surface area contributed by atoms with Crippen LogP contribution in [0.15, 0.2) is 18.2 Å². The zero-order valence-electron chi connectivity index (χ0n) is 14.2. The van der Waals surface area contributed by atoms with Crippen molar-refractivity contribution in [1.82, 2.24) is 4.90 Å². The molecule has 132 valence electrons. The van der Waals surface area contributed by atoms with Gasteiger partial charge in [-0.2, -0.15) is 0 Å². The van der Waals surface area contributed by atoms with Gasteiger partial charge in [-0.15, -0.1) is 11.8 Å². The van der Waals surface area contributed by atoms with Gasteiger partial charge in [0, 0.05) is 5.75 Å². The van der Waals surface area contributed by atoms with E-state index in [0.717, 1.165) is 12.8 Å². The van der Waals surface area contributed by atoms with Crippen molar-refractivity contribution < 1.29 is 23.8 Å². The number of carbonyl (C=O) groups excluding carboxylic acids is 2. The minimum Gasteiger partial charge on any atom is -0.496 e. The van der Waals surface area contributed by atoms with Crippen LogP contribution in [0.4, 0.5) is 0 Å². The lowest BCUT2D eigenvalue weighted by Crippen LogP contribution is -2.43. The lowest BCUT2D eigenvalue weighted by Gasteiger charge is -2.24. The Balaban J connectivity index is 2.21.